The summed E-state index contributed by atoms with van der Waals surface area (Å²) in [5, 5.41) is 3.76. The maximum Gasteiger partial charge on any atom is 0.238 e. The van der Waals surface area contributed by atoms with Crippen LogP contribution >= 0.6 is 11.6 Å². The van der Waals surface area contributed by atoms with E-state index in [2.05, 4.69) is 21.2 Å². The first-order valence-electron chi connectivity index (χ1n) is 9.70. The lowest BCUT2D eigenvalue weighted by atomic mass is 10.1. The van der Waals surface area contributed by atoms with E-state index in [9.17, 15) is 4.79 Å². The Labute approximate surface area is 172 Å². The number of piperazine rings is 1. The molecule has 150 valence electrons. The SMILES string of the molecule is Cc1ccc(C)c(NC(=O)CN2CCN(CCOc3ccc(Cl)cc3)CC2)c1. The number of halogens is 1. The Bertz CT molecular complexity index is 787. The van der Waals surface area contributed by atoms with Gasteiger partial charge in [0.25, 0.3) is 0 Å². The molecule has 0 unspecified atom stereocenters. The number of hydrogen-bond donors (Lipinski definition) is 1. The van der Waals surface area contributed by atoms with Crippen LogP contribution in [0, 0.1) is 13.8 Å². The number of aryl methyl sites for hydroxylation is 2. The molecule has 0 aliphatic carbocycles. The van der Waals surface area contributed by atoms with Crippen LogP contribution in [0.3, 0.4) is 0 Å². The smallest absolute Gasteiger partial charge is 0.238 e. The molecule has 1 saturated heterocycles. The first-order valence-corrected chi connectivity index (χ1v) is 10.1. The van der Waals surface area contributed by atoms with Crippen molar-refractivity contribution in [2.24, 2.45) is 0 Å². The van der Waals surface area contributed by atoms with Gasteiger partial charge in [0.15, 0.2) is 0 Å². The van der Waals surface area contributed by atoms with Gasteiger partial charge in [0.1, 0.15) is 12.4 Å². The first-order chi connectivity index (χ1) is 13.5. The van der Waals surface area contributed by atoms with Gasteiger partial charge < -0.3 is 10.1 Å². The largest absolute Gasteiger partial charge is 0.492 e. The van der Waals surface area contributed by atoms with Gasteiger partial charge in [-0.05, 0) is 55.3 Å². The minimum atomic E-state index is 0.0493. The van der Waals surface area contributed by atoms with Gasteiger partial charge in [-0.3, -0.25) is 14.6 Å². The molecule has 1 aliphatic heterocycles. The third-order valence-electron chi connectivity index (χ3n) is 4.99. The van der Waals surface area contributed by atoms with Crippen LogP contribution in [0.4, 0.5) is 5.69 Å². The quantitative estimate of drug-likeness (QED) is 0.770. The van der Waals surface area contributed by atoms with E-state index in [0.29, 0.717) is 18.2 Å². The van der Waals surface area contributed by atoms with Crippen molar-refractivity contribution in [3.63, 3.8) is 0 Å². The number of rotatable bonds is 7. The van der Waals surface area contributed by atoms with Crippen molar-refractivity contribution in [1.29, 1.82) is 0 Å². The number of hydrogen-bond acceptors (Lipinski definition) is 4. The van der Waals surface area contributed by atoms with Crippen LogP contribution in [0.2, 0.25) is 5.02 Å². The molecule has 5 nitrogen and oxygen atoms in total. The lowest BCUT2D eigenvalue weighted by molar-refractivity contribution is -0.117. The predicted molar refractivity (Wildman–Crippen MR) is 114 cm³/mol. The van der Waals surface area contributed by atoms with Gasteiger partial charge in [-0.2, -0.15) is 0 Å². The molecule has 0 spiro atoms. The monoisotopic (exact) mass is 401 g/mol. The Kier molecular flexibility index (Phi) is 7.31. The Balaban J connectivity index is 1.36. The highest BCUT2D eigenvalue weighted by Crippen LogP contribution is 2.17. The van der Waals surface area contributed by atoms with Crippen molar-refractivity contribution in [3.8, 4) is 5.75 Å². The van der Waals surface area contributed by atoms with Crippen molar-refractivity contribution >= 4 is 23.2 Å². The first kappa shape index (κ1) is 20.6. The Morgan fingerprint density at radius 1 is 1.04 bits per heavy atom. The van der Waals surface area contributed by atoms with Crippen molar-refractivity contribution in [1.82, 2.24) is 9.80 Å². The fraction of sp³-hybridized carbons (Fsp3) is 0.409. The topological polar surface area (TPSA) is 44.8 Å². The number of carbonyl (C=O) groups is 1. The van der Waals surface area contributed by atoms with E-state index < -0.39 is 0 Å². The highest BCUT2D eigenvalue weighted by molar-refractivity contribution is 6.30. The minimum Gasteiger partial charge on any atom is -0.492 e. The molecule has 3 rings (SSSR count). The number of ether oxygens (including phenoxy) is 1. The van der Waals surface area contributed by atoms with Crippen molar-refractivity contribution in [2.75, 3.05) is 51.2 Å². The summed E-state index contributed by atoms with van der Waals surface area (Å²) >= 11 is 5.88. The normalized spacial score (nSPS) is 15.4. The molecule has 6 heteroatoms. The highest BCUT2D eigenvalue weighted by atomic mass is 35.5. The molecular formula is C22H28ClN3O2. The van der Waals surface area contributed by atoms with Gasteiger partial charge in [-0.25, -0.2) is 0 Å². The van der Waals surface area contributed by atoms with Crippen LogP contribution < -0.4 is 10.1 Å². The van der Waals surface area contributed by atoms with Crippen molar-refractivity contribution in [3.05, 3.63) is 58.6 Å². The highest BCUT2D eigenvalue weighted by Gasteiger charge is 2.19. The van der Waals surface area contributed by atoms with Crippen LogP contribution in [0.1, 0.15) is 11.1 Å². The average Bonchev–Trinajstić information content (AvgIpc) is 2.68. The zero-order chi connectivity index (χ0) is 19.9. The van der Waals surface area contributed by atoms with Crippen LogP contribution in [0.25, 0.3) is 0 Å². The van der Waals surface area contributed by atoms with Gasteiger partial charge in [-0.15, -0.1) is 0 Å². The van der Waals surface area contributed by atoms with Gasteiger partial charge >= 0.3 is 0 Å². The third kappa shape index (κ3) is 6.23. The average molecular weight is 402 g/mol. The Morgan fingerprint density at radius 3 is 2.43 bits per heavy atom. The minimum absolute atomic E-state index is 0.0493. The number of anilines is 1. The zero-order valence-corrected chi connectivity index (χ0v) is 17.3. The van der Waals surface area contributed by atoms with E-state index in [1.165, 1.54) is 0 Å². The summed E-state index contributed by atoms with van der Waals surface area (Å²) in [6.07, 6.45) is 0. The molecular weight excluding hydrogens is 374 g/mol. The summed E-state index contributed by atoms with van der Waals surface area (Å²) in [6.45, 7) is 9.68. The van der Waals surface area contributed by atoms with Gasteiger partial charge in [-0.1, -0.05) is 23.7 Å². The number of nitrogens with one attached hydrogen (secondary N) is 1. The van der Waals surface area contributed by atoms with E-state index in [4.69, 9.17) is 16.3 Å². The molecule has 1 N–H and O–H groups in total. The molecule has 2 aromatic rings. The molecule has 0 bridgehead atoms. The predicted octanol–water partition coefficient (Wildman–Crippen LogP) is 3.59. The summed E-state index contributed by atoms with van der Waals surface area (Å²) in [5.74, 6) is 0.888. The molecule has 0 atom stereocenters. The number of carbonyl (C=O) groups excluding carboxylic acids is 1. The lowest BCUT2D eigenvalue weighted by Gasteiger charge is -2.34. The Hall–Kier alpha value is -2.08. The Morgan fingerprint density at radius 2 is 1.71 bits per heavy atom. The standard InChI is InChI=1S/C22H28ClN3O2/c1-17-3-4-18(2)21(15-17)24-22(27)16-26-11-9-25(10-12-26)13-14-28-20-7-5-19(23)6-8-20/h3-8,15H,9-14,16H2,1-2H3,(H,24,27). The molecule has 1 fully saturated rings. The molecule has 0 saturated carbocycles. The summed E-state index contributed by atoms with van der Waals surface area (Å²) in [7, 11) is 0. The van der Waals surface area contributed by atoms with Gasteiger partial charge in [0.05, 0.1) is 6.54 Å². The number of benzene rings is 2. The van der Waals surface area contributed by atoms with Crippen LogP contribution in [0.15, 0.2) is 42.5 Å². The molecule has 0 radical (unpaired) electrons. The molecule has 0 aromatic heterocycles. The summed E-state index contributed by atoms with van der Waals surface area (Å²) in [4.78, 5) is 17.0. The van der Waals surface area contributed by atoms with E-state index >= 15 is 0 Å². The van der Waals surface area contributed by atoms with Gasteiger partial charge in [0.2, 0.25) is 5.91 Å². The summed E-state index contributed by atoms with van der Waals surface area (Å²) in [5.41, 5.74) is 3.14. The molecule has 1 aliphatic rings. The maximum absolute atomic E-state index is 12.4. The summed E-state index contributed by atoms with van der Waals surface area (Å²) < 4.78 is 5.76. The molecule has 28 heavy (non-hydrogen) atoms. The van der Waals surface area contributed by atoms with E-state index in [-0.39, 0.29) is 5.91 Å². The molecule has 1 amide bonds. The third-order valence-corrected chi connectivity index (χ3v) is 5.24. The second-order valence-corrected chi connectivity index (χ2v) is 7.72. The summed E-state index contributed by atoms with van der Waals surface area (Å²) in [6, 6.07) is 13.5. The fourth-order valence-corrected chi connectivity index (χ4v) is 3.38. The molecule has 2 aromatic carbocycles. The van der Waals surface area contributed by atoms with Crippen LogP contribution in [-0.2, 0) is 4.79 Å². The molecule has 1 heterocycles. The second-order valence-electron chi connectivity index (χ2n) is 7.29. The van der Waals surface area contributed by atoms with E-state index in [1.807, 2.05) is 50.2 Å². The lowest BCUT2D eigenvalue weighted by Crippen LogP contribution is -2.49. The van der Waals surface area contributed by atoms with Crippen molar-refractivity contribution in [2.45, 2.75) is 13.8 Å². The van der Waals surface area contributed by atoms with Crippen LogP contribution in [0.5, 0.6) is 5.75 Å². The van der Waals surface area contributed by atoms with Crippen LogP contribution in [-0.4, -0.2) is 61.6 Å². The maximum atomic E-state index is 12.4. The van der Waals surface area contributed by atoms with Gasteiger partial charge in [0, 0.05) is 43.4 Å². The zero-order valence-electron chi connectivity index (χ0n) is 16.6. The van der Waals surface area contributed by atoms with E-state index in [0.717, 1.165) is 55.3 Å². The fourth-order valence-electron chi connectivity index (χ4n) is 3.26. The second kappa shape index (κ2) is 9.92. The van der Waals surface area contributed by atoms with E-state index in [1.54, 1.807) is 0 Å². The van der Waals surface area contributed by atoms with Crippen molar-refractivity contribution < 1.29 is 9.53 Å². The number of nitrogens with zero attached hydrogens (tertiary/aromatic N) is 2. The number of amides is 1.